The van der Waals surface area contributed by atoms with Crippen LogP contribution in [0.3, 0.4) is 0 Å². The van der Waals surface area contributed by atoms with Gasteiger partial charge in [0.15, 0.2) is 0 Å². The number of anilines is 2. The van der Waals surface area contributed by atoms with Gasteiger partial charge in [0.25, 0.3) is 0 Å². The second-order valence-corrected chi connectivity index (χ2v) is 4.22. The van der Waals surface area contributed by atoms with Crippen LogP contribution in [0.1, 0.15) is 13.3 Å². The van der Waals surface area contributed by atoms with Crippen molar-refractivity contribution in [1.29, 1.82) is 0 Å². The van der Waals surface area contributed by atoms with Gasteiger partial charge >= 0.3 is 0 Å². The molecule has 98 valence electrons. The molecule has 1 aromatic heterocycles. The molecule has 7 nitrogen and oxygen atoms in total. The molecule has 0 radical (unpaired) electrons. The first-order chi connectivity index (χ1) is 8.69. The zero-order valence-electron chi connectivity index (χ0n) is 10.1. The van der Waals surface area contributed by atoms with E-state index in [1.807, 2.05) is 6.92 Å². The maximum absolute atomic E-state index is 11.5. The highest BCUT2D eigenvalue weighted by atomic mass is 35.5. The fraction of sp³-hybridized carbons (Fsp3) is 0.600. The minimum Gasteiger partial charge on any atom is -0.354 e. The molecule has 18 heavy (non-hydrogen) atoms. The summed E-state index contributed by atoms with van der Waals surface area (Å²) in [5.41, 5.74) is 0. The van der Waals surface area contributed by atoms with E-state index >= 15 is 0 Å². The van der Waals surface area contributed by atoms with Gasteiger partial charge in [0.05, 0.1) is 6.54 Å². The quantitative estimate of drug-likeness (QED) is 0.821. The number of hydrogen-bond donors (Lipinski definition) is 2. The highest BCUT2D eigenvalue weighted by Crippen LogP contribution is 2.14. The zero-order chi connectivity index (χ0) is 13.0. The molecule has 1 amide bonds. The molecule has 2 heterocycles. The van der Waals surface area contributed by atoms with Crippen LogP contribution in [-0.2, 0) is 4.79 Å². The standard InChI is InChI=1S/C10H15ClN6O/c1-2-12-9-14-8(11)15-10(16-9)17-5-3-4-13-7(18)6-17/h2-6H2,1H3,(H,13,18)(H,12,14,15,16). The van der Waals surface area contributed by atoms with Crippen molar-refractivity contribution in [1.82, 2.24) is 20.3 Å². The van der Waals surface area contributed by atoms with Crippen LogP contribution < -0.4 is 15.5 Å². The molecule has 1 aliphatic heterocycles. The first-order valence-electron chi connectivity index (χ1n) is 5.86. The molecule has 1 aromatic rings. The predicted octanol–water partition coefficient (Wildman–Crippen LogP) is 0.283. The maximum atomic E-state index is 11.5. The average molecular weight is 271 g/mol. The maximum Gasteiger partial charge on any atom is 0.239 e. The molecule has 0 saturated carbocycles. The molecule has 2 rings (SSSR count). The Balaban J connectivity index is 2.22. The Labute approximate surface area is 110 Å². The first kappa shape index (κ1) is 12.8. The van der Waals surface area contributed by atoms with Gasteiger partial charge in [-0.2, -0.15) is 15.0 Å². The van der Waals surface area contributed by atoms with E-state index in [-0.39, 0.29) is 17.7 Å². The summed E-state index contributed by atoms with van der Waals surface area (Å²) in [5.74, 6) is 0.828. The lowest BCUT2D eigenvalue weighted by Gasteiger charge is -2.19. The number of nitrogens with one attached hydrogen (secondary N) is 2. The Bertz CT molecular complexity index is 440. The number of aromatic nitrogens is 3. The molecule has 2 N–H and O–H groups in total. The normalized spacial score (nSPS) is 16.1. The van der Waals surface area contributed by atoms with E-state index in [1.165, 1.54) is 0 Å². The highest BCUT2D eigenvalue weighted by molar-refractivity contribution is 6.28. The van der Waals surface area contributed by atoms with Gasteiger partial charge in [-0.3, -0.25) is 4.79 Å². The fourth-order valence-corrected chi connectivity index (χ4v) is 1.85. The number of nitrogens with zero attached hydrogens (tertiary/aromatic N) is 4. The monoisotopic (exact) mass is 270 g/mol. The Morgan fingerprint density at radius 3 is 3.06 bits per heavy atom. The Morgan fingerprint density at radius 1 is 1.44 bits per heavy atom. The minimum atomic E-state index is -0.0333. The second kappa shape index (κ2) is 5.81. The summed E-state index contributed by atoms with van der Waals surface area (Å²) in [5, 5.41) is 5.90. The Morgan fingerprint density at radius 2 is 2.28 bits per heavy atom. The zero-order valence-corrected chi connectivity index (χ0v) is 10.9. The Hall–Kier alpha value is -1.63. The van der Waals surface area contributed by atoms with Crippen LogP contribution in [0.4, 0.5) is 11.9 Å². The fourth-order valence-electron chi connectivity index (χ4n) is 1.69. The molecular weight excluding hydrogens is 256 g/mol. The van der Waals surface area contributed by atoms with E-state index in [0.717, 1.165) is 6.42 Å². The smallest absolute Gasteiger partial charge is 0.239 e. The largest absolute Gasteiger partial charge is 0.354 e. The van der Waals surface area contributed by atoms with Gasteiger partial charge in [-0.15, -0.1) is 0 Å². The number of carbonyl (C=O) groups is 1. The SMILES string of the molecule is CCNc1nc(Cl)nc(N2CCCNC(=O)C2)n1. The molecule has 0 unspecified atom stereocenters. The molecule has 1 aliphatic rings. The van der Waals surface area contributed by atoms with Gasteiger partial charge in [0, 0.05) is 19.6 Å². The summed E-state index contributed by atoms with van der Waals surface area (Å²) in [6, 6.07) is 0. The third-order valence-electron chi connectivity index (χ3n) is 2.48. The molecule has 0 atom stereocenters. The summed E-state index contributed by atoms with van der Waals surface area (Å²) in [7, 11) is 0. The van der Waals surface area contributed by atoms with Gasteiger partial charge in [0.2, 0.25) is 23.1 Å². The van der Waals surface area contributed by atoms with E-state index in [2.05, 4.69) is 25.6 Å². The van der Waals surface area contributed by atoms with Crippen LogP contribution in [0, 0.1) is 0 Å². The van der Waals surface area contributed by atoms with Crippen LogP contribution in [0.5, 0.6) is 0 Å². The molecule has 0 aliphatic carbocycles. The van der Waals surface area contributed by atoms with Crippen molar-refractivity contribution in [3.63, 3.8) is 0 Å². The molecule has 1 saturated heterocycles. The number of hydrogen-bond acceptors (Lipinski definition) is 6. The van der Waals surface area contributed by atoms with Gasteiger partial charge in [-0.25, -0.2) is 0 Å². The van der Waals surface area contributed by atoms with Crippen molar-refractivity contribution in [3.8, 4) is 0 Å². The van der Waals surface area contributed by atoms with Crippen molar-refractivity contribution < 1.29 is 4.79 Å². The van der Waals surface area contributed by atoms with E-state index in [9.17, 15) is 4.79 Å². The molecule has 0 aromatic carbocycles. The predicted molar refractivity (Wildman–Crippen MR) is 68.8 cm³/mol. The molecule has 0 spiro atoms. The average Bonchev–Trinajstić information content (AvgIpc) is 2.53. The van der Waals surface area contributed by atoms with E-state index in [1.54, 1.807) is 4.90 Å². The summed E-state index contributed by atoms with van der Waals surface area (Å²) in [6.07, 6.45) is 0.853. The third-order valence-corrected chi connectivity index (χ3v) is 2.64. The summed E-state index contributed by atoms with van der Waals surface area (Å²) < 4.78 is 0. The first-order valence-corrected chi connectivity index (χ1v) is 6.24. The molecule has 1 fully saturated rings. The number of halogens is 1. The lowest BCUT2D eigenvalue weighted by Crippen LogP contribution is -2.34. The van der Waals surface area contributed by atoms with Gasteiger partial charge in [0.1, 0.15) is 0 Å². The second-order valence-electron chi connectivity index (χ2n) is 3.88. The summed E-state index contributed by atoms with van der Waals surface area (Å²) in [4.78, 5) is 25.6. The van der Waals surface area contributed by atoms with Crippen LogP contribution in [0.25, 0.3) is 0 Å². The molecule has 0 bridgehead atoms. The summed E-state index contributed by atoms with van der Waals surface area (Å²) >= 11 is 5.85. The summed E-state index contributed by atoms with van der Waals surface area (Å²) in [6.45, 7) is 4.27. The van der Waals surface area contributed by atoms with Crippen LogP contribution in [-0.4, -0.2) is 47.0 Å². The van der Waals surface area contributed by atoms with Gasteiger partial charge in [-0.05, 0) is 24.9 Å². The molecular formula is C10H15ClN6O. The lowest BCUT2D eigenvalue weighted by atomic mass is 10.4. The number of rotatable bonds is 3. The van der Waals surface area contributed by atoms with Crippen LogP contribution in [0.15, 0.2) is 0 Å². The van der Waals surface area contributed by atoms with Crippen LogP contribution in [0.2, 0.25) is 5.28 Å². The van der Waals surface area contributed by atoms with Gasteiger partial charge < -0.3 is 15.5 Å². The van der Waals surface area contributed by atoms with Crippen molar-refractivity contribution in [2.45, 2.75) is 13.3 Å². The minimum absolute atomic E-state index is 0.0333. The lowest BCUT2D eigenvalue weighted by molar-refractivity contribution is -0.119. The van der Waals surface area contributed by atoms with Crippen molar-refractivity contribution >= 4 is 29.4 Å². The number of amides is 1. The van der Waals surface area contributed by atoms with Crippen molar-refractivity contribution in [2.75, 3.05) is 36.4 Å². The third kappa shape index (κ3) is 3.19. The van der Waals surface area contributed by atoms with E-state index in [0.29, 0.717) is 31.5 Å². The van der Waals surface area contributed by atoms with E-state index < -0.39 is 0 Å². The van der Waals surface area contributed by atoms with Crippen molar-refractivity contribution in [3.05, 3.63) is 5.28 Å². The highest BCUT2D eigenvalue weighted by Gasteiger charge is 2.18. The van der Waals surface area contributed by atoms with E-state index in [4.69, 9.17) is 11.6 Å². The van der Waals surface area contributed by atoms with Gasteiger partial charge in [-0.1, -0.05) is 0 Å². The molecule has 8 heteroatoms. The number of carbonyl (C=O) groups excluding carboxylic acids is 1. The van der Waals surface area contributed by atoms with Crippen LogP contribution >= 0.6 is 11.6 Å². The Kier molecular flexibility index (Phi) is 4.14. The van der Waals surface area contributed by atoms with Crippen molar-refractivity contribution in [2.24, 2.45) is 0 Å². The topological polar surface area (TPSA) is 83.0 Å².